The number of nitrogens with zero attached hydrogens (tertiary/aromatic N) is 3. The van der Waals surface area contributed by atoms with Crippen molar-refractivity contribution < 1.29 is 4.79 Å². The molecule has 0 bridgehead atoms. The number of nitrogens with one attached hydrogen (secondary N) is 1. The van der Waals surface area contributed by atoms with Crippen LogP contribution >= 0.6 is 23.2 Å². The van der Waals surface area contributed by atoms with Gasteiger partial charge in [-0.3, -0.25) is 0 Å². The number of piperidine rings is 1. The van der Waals surface area contributed by atoms with Crippen LogP contribution in [0, 0.1) is 11.3 Å². The number of likely N-dealkylation sites (tertiary alicyclic amines) is 1. The fourth-order valence-corrected chi connectivity index (χ4v) is 3.51. The SMILES string of the molecule is N#CC1(c2ccccc2)CCN(C(=O)Nc2cc(Cl)nc(Cl)c2)CC1. The van der Waals surface area contributed by atoms with Gasteiger partial charge in [0.05, 0.1) is 11.5 Å². The van der Waals surface area contributed by atoms with Gasteiger partial charge in [0.25, 0.3) is 0 Å². The maximum absolute atomic E-state index is 12.5. The normalized spacial score (nSPS) is 16.1. The summed E-state index contributed by atoms with van der Waals surface area (Å²) in [6.45, 7) is 1.00. The number of benzene rings is 1. The van der Waals surface area contributed by atoms with Crippen molar-refractivity contribution in [1.29, 1.82) is 5.26 Å². The van der Waals surface area contributed by atoms with Crippen molar-refractivity contribution >= 4 is 34.9 Å². The monoisotopic (exact) mass is 374 g/mol. The van der Waals surface area contributed by atoms with E-state index in [1.165, 1.54) is 0 Å². The molecule has 0 atom stereocenters. The maximum atomic E-state index is 12.5. The molecule has 1 aromatic carbocycles. The minimum atomic E-state index is -0.540. The Labute approximate surface area is 156 Å². The number of aromatic nitrogens is 1. The molecule has 128 valence electrons. The van der Waals surface area contributed by atoms with Gasteiger partial charge in [0.1, 0.15) is 10.3 Å². The van der Waals surface area contributed by atoms with E-state index in [9.17, 15) is 10.1 Å². The zero-order chi connectivity index (χ0) is 17.9. The van der Waals surface area contributed by atoms with E-state index in [0.29, 0.717) is 31.6 Å². The number of amides is 2. The minimum absolute atomic E-state index is 0.217. The van der Waals surface area contributed by atoms with Gasteiger partial charge in [-0.25, -0.2) is 9.78 Å². The van der Waals surface area contributed by atoms with Crippen LogP contribution in [0.4, 0.5) is 10.5 Å². The molecule has 0 spiro atoms. The Kier molecular flexibility index (Phi) is 5.12. The molecule has 1 fully saturated rings. The third-order valence-corrected chi connectivity index (χ3v) is 4.85. The molecule has 0 saturated carbocycles. The summed E-state index contributed by atoms with van der Waals surface area (Å²) in [7, 11) is 0. The van der Waals surface area contributed by atoms with E-state index >= 15 is 0 Å². The molecular formula is C18H16Cl2N4O. The lowest BCUT2D eigenvalue weighted by Gasteiger charge is -2.37. The Hall–Kier alpha value is -2.29. The van der Waals surface area contributed by atoms with Gasteiger partial charge in [-0.15, -0.1) is 0 Å². The first-order valence-electron chi connectivity index (χ1n) is 7.88. The Morgan fingerprint density at radius 3 is 2.32 bits per heavy atom. The zero-order valence-corrected chi connectivity index (χ0v) is 14.9. The van der Waals surface area contributed by atoms with Crippen LogP contribution in [0.15, 0.2) is 42.5 Å². The van der Waals surface area contributed by atoms with Crippen LogP contribution in [0.5, 0.6) is 0 Å². The van der Waals surface area contributed by atoms with Gasteiger partial charge in [0.15, 0.2) is 0 Å². The van der Waals surface area contributed by atoms with Crippen molar-refractivity contribution in [3.8, 4) is 6.07 Å². The van der Waals surface area contributed by atoms with Gasteiger partial charge in [0.2, 0.25) is 0 Å². The highest BCUT2D eigenvalue weighted by Gasteiger charge is 2.37. The van der Waals surface area contributed by atoms with Crippen LogP contribution < -0.4 is 5.32 Å². The quantitative estimate of drug-likeness (QED) is 0.787. The van der Waals surface area contributed by atoms with Crippen LogP contribution in [0.25, 0.3) is 0 Å². The van der Waals surface area contributed by atoms with Crippen molar-refractivity contribution in [3.63, 3.8) is 0 Å². The molecule has 1 aliphatic rings. The van der Waals surface area contributed by atoms with E-state index in [2.05, 4.69) is 16.4 Å². The third kappa shape index (κ3) is 3.87. The van der Waals surface area contributed by atoms with E-state index < -0.39 is 5.41 Å². The van der Waals surface area contributed by atoms with Crippen molar-refractivity contribution in [1.82, 2.24) is 9.88 Å². The average molecular weight is 375 g/mol. The molecule has 1 aliphatic heterocycles. The molecule has 1 aromatic heterocycles. The molecule has 3 rings (SSSR count). The molecule has 1 N–H and O–H groups in total. The van der Waals surface area contributed by atoms with Gasteiger partial charge >= 0.3 is 6.03 Å². The molecule has 0 radical (unpaired) electrons. The molecule has 0 unspecified atom stereocenters. The van der Waals surface area contributed by atoms with Gasteiger partial charge in [0, 0.05) is 18.8 Å². The lowest BCUT2D eigenvalue weighted by atomic mass is 9.74. The predicted octanol–water partition coefficient (Wildman–Crippen LogP) is 4.48. The molecule has 1 saturated heterocycles. The highest BCUT2D eigenvalue weighted by atomic mass is 35.5. The van der Waals surface area contributed by atoms with Crippen molar-refractivity contribution in [2.24, 2.45) is 0 Å². The van der Waals surface area contributed by atoms with Crippen LogP contribution in [-0.4, -0.2) is 29.0 Å². The first-order chi connectivity index (χ1) is 12.0. The summed E-state index contributed by atoms with van der Waals surface area (Å²) in [5, 5.41) is 12.9. The number of carbonyl (C=O) groups is 1. The lowest BCUT2D eigenvalue weighted by Crippen LogP contribution is -2.46. The van der Waals surface area contributed by atoms with Crippen LogP contribution in [0.3, 0.4) is 0 Å². The fourth-order valence-electron chi connectivity index (χ4n) is 3.05. The van der Waals surface area contributed by atoms with Gasteiger partial charge in [-0.1, -0.05) is 53.5 Å². The second-order valence-corrected chi connectivity index (χ2v) is 6.75. The molecule has 0 aliphatic carbocycles. The molecule has 7 heteroatoms. The largest absolute Gasteiger partial charge is 0.324 e. The Balaban J connectivity index is 1.67. The second kappa shape index (κ2) is 7.30. The van der Waals surface area contributed by atoms with E-state index in [1.807, 2.05) is 30.3 Å². The van der Waals surface area contributed by atoms with E-state index in [1.54, 1.807) is 17.0 Å². The van der Waals surface area contributed by atoms with Crippen LogP contribution in [-0.2, 0) is 5.41 Å². The van der Waals surface area contributed by atoms with Gasteiger partial charge in [-0.05, 0) is 30.5 Å². The number of carbonyl (C=O) groups excluding carboxylic acids is 1. The first-order valence-corrected chi connectivity index (χ1v) is 8.64. The number of pyridine rings is 1. The summed E-state index contributed by atoms with van der Waals surface area (Å²) >= 11 is 11.7. The summed E-state index contributed by atoms with van der Waals surface area (Å²) in [4.78, 5) is 18.0. The highest BCUT2D eigenvalue weighted by molar-refractivity contribution is 6.32. The summed E-state index contributed by atoms with van der Waals surface area (Å²) in [5.41, 5.74) is 0.960. The molecule has 2 aromatic rings. The standard InChI is InChI=1S/C18H16Cl2N4O/c19-15-10-14(11-16(20)23-15)22-17(25)24-8-6-18(12-21,7-9-24)13-4-2-1-3-5-13/h1-5,10-11H,6-9H2,(H,22,23,25). The molecular weight excluding hydrogens is 359 g/mol. The molecule has 2 heterocycles. The Bertz CT molecular complexity index is 791. The number of nitriles is 1. The first kappa shape index (κ1) is 17.5. The van der Waals surface area contributed by atoms with Crippen molar-refractivity contribution in [2.75, 3.05) is 18.4 Å². The van der Waals surface area contributed by atoms with Crippen molar-refractivity contribution in [2.45, 2.75) is 18.3 Å². The summed E-state index contributed by atoms with van der Waals surface area (Å²) < 4.78 is 0. The van der Waals surface area contributed by atoms with Gasteiger partial charge in [-0.2, -0.15) is 5.26 Å². The number of urea groups is 1. The summed E-state index contributed by atoms with van der Waals surface area (Å²) in [6, 6.07) is 15.0. The predicted molar refractivity (Wildman–Crippen MR) is 97.8 cm³/mol. The van der Waals surface area contributed by atoms with Crippen LogP contribution in [0.1, 0.15) is 18.4 Å². The molecule has 2 amide bonds. The third-order valence-electron chi connectivity index (χ3n) is 4.46. The minimum Gasteiger partial charge on any atom is -0.324 e. The Morgan fingerprint density at radius 1 is 1.16 bits per heavy atom. The van der Waals surface area contributed by atoms with Crippen molar-refractivity contribution in [3.05, 3.63) is 58.3 Å². The average Bonchev–Trinajstić information content (AvgIpc) is 2.61. The Morgan fingerprint density at radius 2 is 1.76 bits per heavy atom. The fraction of sp³-hybridized carbons (Fsp3) is 0.278. The zero-order valence-electron chi connectivity index (χ0n) is 13.4. The number of anilines is 1. The molecule has 25 heavy (non-hydrogen) atoms. The maximum Gasteiger partial charge on any atom is 0.321 e. The topological polar surface area (TPSA) is 69.0 Å². The van der Waals surface area contributed by atoms with Gasteiger partial charge < -0.3 is 10.2 Å². The highest BCUT2D eigenvalue weighted by Crippen LogP contribution is 2.35. The van der Waals surface area contributed by atoms with E-state index in [4.69, 9.17) is 23.2 Å². The number of halogens is 2. The van der Waals surface area contributed by atoms with E-state index in [-0.39, 0.29) is 16.3 Å². The molecule has 5 nitrogen and oxygen atoms in total. The van der Waals surface area contributed by atoms with Crippen LogP contribution in [0.2, 0.25) is 10.3 Å². The number of rotatable bonds is 2. The summed E-state index contributed by atoms with van der Waals surface area (Å²) in [6.07, 6.45) is 1.19. The summed E-state index contributed by atoms with van der Waals surface area (Å²) in [5.74, 6) is 0. The number of hydrogen-bond acceptors (Lipinski definition) is 3. The second-order valence-electron chi connectivity index (χ2n) is 5.98. The lowest BCUT2D eigenvalue weighted by molar-refractivity contribution is 0.183. The smallest absolute Gasteiger partial charge is 0.321 e. The number of hydrogen-bond donors (Lipinski definition) is 1. The van der Waals surface area contributed by atoms with E-state index in [0.717, 1.165) is 5.56 Å².